The highest BCUT2D eigenvalue weighted by Gasteiger charge is 2.22. The number of methoxy groups -OCH3 is 2. The molecule has 0 aromatic heterocycles. The summed E-state index contributed by atoms with van der Waals surface area (Å²) in [6.45, 7) is 4.49. The van der Waals surface area contributed by atoms with E-state index in [1.54, 1.807) is 14.2 Å². The zero-order valence-electron chi connectivity index (χ0n) is 18.2. The standard InChI is InChI=1S/C23H30FN3O4/c1-4-25-23(26-13-19(28)15-31-20-7-5-18(24)6-8-20)27-10-9-16-11-21(29-2)22(30-3)12-17(16)14-27/h5-8,11-12,19,28H,4,9-10,13-15H2,1-3H3,(H,25,26). The van der Waals surface area contributed by atoms with E-state index in [0.29, 0.717) is 18.0 Å². The lowest BCUT2D eigenvalue weighted by molar-refractivity contribution is 0.114. The van der Waals surface area contributed by atoms with Gasteiger partial charge >= 0.3 is 0 Å². The first kappa shape index (κ1) is 22.7. The second-order valence-electron chi connectivity index (χ2n) is 7.26. The van der Waals surface area contributed by atoms with Crippen LogP contribution in [-0.2, 0) is 13.0 Å². The highest BCUT2D eigenvalue weighted by molar-refractivity contribution is 5.80. The Morgan fingerprint density at radius 1 is 1.16 bits per heavy atom. The van der Waals surface area contributed by atoms with E-state index in [4.69, 9.17) is 14.2 Å². The number of nitrogens with one attached hydrogen (secondary N) is 1. The molecule has 1 atom stereocenters. The fraction of sp³-hybridized carbons (Fsp3) is 0.435. The van der Waals surface area contributed by atoms with E-state index >= 15 is 0 Å². The lowest BCUT2D eigenvalue weighted by Gasteiger charge is -2.32. The lowest BCUT2D eigenvalue weighted by atomic mass is 9.99. The molecule has 0 saturated heterocycles. The molecule has 0 aliphatic carbocycles. The van der Waals surface area contributed by atoms with E-state index in [9.17, 15) is 9.50 Å². The number of aliphatic hydroxyl groups excluding tert-OH is 1. The number of benzene rings is 2. The minimum Gasteiger partial charge on any atom is -0.493 e. The van der Waals surface area contributed by atoms with Crippen LogP contribution in [-0.4, -0.2) is 62.5 Å². The van der Waals surface area contributed by atoms with Gasteiger partial charge in [-0.05, 0) is 60.9 Å². The SMILES string of the molecule is CCNC(=NCC(O)COc1ccc(F)cc1)N1CCc2cc(OC)c(OC)cc2C1. The molecule has 1 aliphatic rings. The molecule has 0 fully saturated rings. The van der Waals surface area contributed by atoms with Gasteiger partial charge in [-0.3, -0.25) is 4.99 Å². The van der Waals surface area contributed by atoms with E-state index in [-0.39, 0.29) is 19.0 Å². The van der Waals surface area contributed by atoms with Crippen molar-refractivity contribution in [2.24, 2.45) is 4.99 Å². The molecule has 31 heavy (non-hydrogen) atoms. The predicted molar refractivity (Wildman–Crippen MR) is 118 cm³/mol. The Hall–Kier alpha value is -3.00. The molecule has 1 unspecified atom stereocenters. The molecule has 8 heteroatoms. The number of ether oxygens (including phenoxy) is 3. The minimum absolute atomic E-state index is 0.0777. The van der Waals surface area contributed by atoms with E-state index in [1.807, 2.05) is 19.1 Å². The molecule has 168 valence electrons. The Morgan fingerprint density at radius 3 is 2.48 bits per heavy atom. The zero-order chi connectivity index (χ0) is 22.2. The number of hydrogen-bond donors (Lipinski definition) is 2. The Morgan fingerprint density at radius 2 is 1.84 bits per heavy atom. The smallest absolute Gasteiger partial charge is 0.194 e. The van der Waals surface area contributed by atoms with Gasteiger partial charge < -0.3 is 29.5 Å². The minimum atomic E-state index is -0.778. The zero-order valence-corrected chi connectivity index (χ0v) is 18.2. The van der Waals surface area contributed by atoms with Crippen molar-refractivity contribution in [3.8, 4) is 17.2 Å². The van der Waals surface area contributed by atoms with Gasteiger partial charge in [-0.2, -0.15) is 0 Å². The van der Waals surface area contributed by atoms with Crippen molar-refractivity contribution in [3.05, 3.63) is 53.3 Å². The Balaban J connectivity index is 1.63. The van der Waals surface area contributed by atoms with Gasteiger partial charge in [-0.1, -0.05) is 0 Å². The Labute approximate surface area is 182 Å². The highest BCUT2D eigenvalue weighted by atomic mass is 19.1. The summed E-state index contributed by atoms with van der Waals surface area (Å²) in [6.07, 6.45) is 0.0798. The van der Waals surface area contributed by atoms with Crippen LogP contribution in [0.4, 0.5) is 4.39 Å². The molecular formula is C23H30FN3O4. The molecule has 0 saturated carbocycles. The van der Waals surface area contributed by atoms with Crippen molar-refractivity contribution >= 4 is 5.96 Å². The van der Waals surface area contributed by atoms with Crippen LogP contribution in [0.2, 0.25) is 0 Å². The van der Waals surface area contributed by atoms with Crippen molar-refractivity contribution in [2.75, 3.05) is 40.5 Å². The van der Waals surface area contributed by atoms with Gasteiger partial charge in [0.2, 0.25) is 0 Å². The summed E-state index contributed by atoms with van der Waals surface area (Å²) < 4.78 is 29.3. The summed E-state index contributed by atoms with van der Waals surface area (Å²) in [6, 6.07) is 9.75. The molecule has 2 aromatic rings. The van der Waals surface area contributed by atoms with E-state index in [1.165, 1.54) is 29.8 Å². The molecule has 2 N–H and O–H groups in total. The monoisotopic (exact) mass is 431 g/mol. The third-order valence-corrected chi connectivity index (χ3v) is 5.06. The van der Waals surface area contributed by atoms with Crippen LogP contribution in [0.25, 0.3) is 0 Å². The van der Waals surface area contributed by atoms with Crippen molar-refractivity contribution in [1.29, 1.82) is 0 Å². The summed E-state index contributed by atoms with van der Waals surface area (Å²) in [7, 11) is 3.27. The fourth-order valence-electron chi connectivity index (χ4n) is 3.46. The van der Waals surface area contributed by atoms with Gasteiger partial charge in [0.1, 0.15) is 24.3 Å². The molecule has 0 bridgehead atoms. The number of aliphatic hydroxyl groups is 1. The number of guanidine groups is 1. The van der Waals surface area contributed by atoms with Crippen LogP contribution in [0.3, 0.4) is 0 Å². The third kappa shape index (κ3) is 6.01. The van der Waals surface area contributed by atoms with Gasteiger partial charge in [0.25, 0.3) is 0 Å². The van der Waals surface area contributed by atoms with Gasteiger partial charge in [-0.25, -0.2) is 4.39 Å². The maximum Gasteiger partial charge on any atom is 0.194 e. The van der Waals surface area contributed by atoms with Crippen LogP contribution in [0.1, 0.15) is 18.1 Å². The number of nitrogens with zero attached hydrogens (tertiary/aromatic N) is 2. The molecule has 1 heterocycles. The molecule has 2 aromatic carbocycles. The average molecular weight is 432 g/mol. The van der Waals surface area contributed by atoms with Crippen LogP contribution < -0.4 is 19.5 Å². The third-order valence-electron chi connectivity index (χ3n) is 5.06. The largest absolute Gasteiger partial charge is 0.493 e. The maximum absolute atomic E-state index is 13.0. The fourth-order valence-corrected chi connectivity index (χ4v) is 3.46. The topological polar surface area (TPSA) is 75.6 Å². The van der Waals surface area contributed by atoms with Gasteiger partial charge in [-0.15, -0.1) is 0 Å². The first-order valence-corrected chi connectivity index (χ1v) is 10.4. The molecule has 0 amide bonds. The van der Waals surface area contributed by atoms with Crippen LogP contribution >= 0.6 is 0 Å². The molecule has 7 nitrogen and oxygen atoms in total. The number of hydrogen-bond acceptors (Lipinski definition) is 5. The average Bonchev–Trinajstić information content (AvgIpc) is 2.80. The Kier molecular flexibility index (Phi) is 7.94. The molecule has 0 radical (unpaired) electrons. The van der Waals surface area contributed by atoms with Crippen molar-refractivity contribution in [2.45, 2.75) is 26.0 Å². The van der Waals surface area contributed by atoms with Crippen molar-refractivity contribution < 1.29 is 23.7 Å². The second-order valence-corrected chi connectivity index (χ2v) is 7.26. The van der Waals surface area contributed by atoms with E-state index in [0.717, 1.165) is 36.8 Å². The summed E-state index contributed by atoms with van der Waals surface area (Å²) in [5, 5.41) is 13.6. The van der Waals surface area contributed by atoms with E-state index in [2.05, 4.69) is 15.2 Å². The molecule has 1 aliphatic heterocycles. The highest BCUT2D eigenvalue weighted by Crippen LogP contribution is 2.33. The quantitative estimate of drug-likeness (QED) is 0.494. The maximum atomic E-state index is 13.0. The summed E-state index contributed by atoms with van der Waals surface area (Å²) in [5.74, 6) is 2.36. The number of halogens is 1. The first-order valence-electron chi connectivity index (χ1n) is 10.4. The van der Waals surface area contributed by atoms with Gasteiger partial charge in [0.15, 0.2) is 17.5 Å². The van der Waals surface area contributed by atoms with Crippen molar-refractivity contribution in [3.63, 3.8) is 0 Å². The molecule has 3 rings (SSSR count). The van der Waals surface area contributed by atoms with E-state index < -0.39 is 6.10 Å². The van der Waals surface area contributed by atoms with Crippen LogP contribution in [0.5, 0.6) is 17.2 Å². The van der Waals surface area contributed by atoms with Crippen LogP contribution in [0.15, 0.2) is 41.4 Å². The van der Waals surface area contributed by atoms with Gasteiger partial charge in [0, 0.05) is 19.6 Å². The summed E-state index contributed by atoms with van der Waals surface area (Å²) >= 11 is 0. The molecular weight excluding hydrogens is 401 g/mol. The normalized spacial score (nSPS) is 14.6. The first-order chi connectivity index (χ1) is 15.0. The lowest BCUT2D eigenvalue weighted by Crippen LogP contribution is -2.44. The van der Waals surface area contributed by atoms with Crippen LogP contribution in [0, 0.1) is 5.82 Å². The summed E-state index contributed by atoms with van der Waals surface area (Å²) in [5.41, 5.74) is 2.40. The number of aliphatic imine (C=N–C) groups is 1. The van der Waals surface area contributed by atoms with Gasteiger partial charge in [0.05, 0.1) is 20.8 Å². The molecule has 0 spiro atoms. The number of rotatable bonds is 8. The predicted octanol–water partition coefficient (Wildman–Crippen LogP) is 2.61. The second kappa shape index (κ2) is 10.9. The Bertz CT molecular complexity index is 889. The number of fused-ring (bicyclic) bond motifs is 1. The van der Waals surface area contributed by atoms with Crippen molar-refractivity contribution in [1.82, 2.24) is 10.2 Å². The summed E-state index contributed by atoms with van der Waals surface area (Å²) in [4.78, 5) is 6.76.